The van der Waals surface area contributed by atoms with E-state index in [1.807, 2.05) is 0 Å². The lowest BCUT2D eigenvalue weighted by Gasteiger charge is -2.15. The molecule has 0 fully saturated rings. The van der Waals surface area contributed by atoms with Crippen LogP contribution >= 0.6 is 0 Å². The maximum atomic E-state index is 10.9. The van der Waals surface area contributed by atoms with Gasteiger partial charge in [-0.3, -0.25) is 9.69 Å². The van der Waals surface area contributed by atoms with Gasteiger partial charge in [-0.25, -0.2) is 9.79 Å². The highest BCUT2D eigenvalue weighted by Gasteiger charge is 2.28. The molecule has 1 rings (SSSR count). The van der Waals surface area contributed by atoms with Crippen molar-refractivity contribution in [2.24, 2.45) is 16.5 Å². The number of aliphatic imine (C=N–C) groups is 1. The Morgan fingerprint density at radius 3 is 2.72 bits per heavy atom. The van der Waals surface area contributed by atoms with Gasteiger partial charge < -0.3 is 21.7 Å². The van der Waals surface area contributed by atoms with Crippen molar-refractivity contribution in [2.45, 2.75) is 37.8 Å². The van der Waals surface area contributed by atoms with Crippen LogP contribution in [0.25, 0.3) is 0 Å². The van der Waals surface area contributed by atoms with Gasteiger partial charge in [-0.05, 0) is 19.3 Å². The third kappa shape index (κ3) is 4.21. The number of amides is 2. The lowest BCUT2D eigenvalue weighted by molar-refractivity contribution is -0.137. The molecule has 8 nitrogen and oxygen atoms in total. The molecule has 0 aromatic carbocycles. The van der Waals surface area contributed by atoms with Crippen molar-refractivity contribution in [3.8, 4) is 0 Å². The fourth-order valence-electron chi connectivity index (χ4n) is 1.85. The molecule has 8 heteroatoms. The van der Waals surface area contributed by atoms with Crippen LogP contribution in [-0.4, -0.2) is 51.8 Å². The molecule has 6 N–H and O–H groups in total. The van der Waals surface area contributed by atoms with Gasteiger partial charge in [-0.1, -0.05) is 0 Å². The fraction of sp³-hybridized carbons (Fsp3) is 0.700. The summed E-state index contributed by atoms with van der Waals surface area (Å²) in [4.78, 5) is 26.4. The quantitative estimate of drug-likeness (QED) is 0.486. The van der Waals surface area contributed by atoms with Crippen molar-refractivity contribution in [1.29, 1.82) is 0 Å². The van der Waals surface area contributed by atoms with Gasteiger partial charge in [0.2, 0.25) is 0 Å². The van der Waals surface area contributed by atoms with Crippen LogP contribution in [0.5, 0.6) is 0 Å². The van der Waals surface area contributed by atoms with E-state index in [1.165, 1.54) is 0 Å². The van der Waals surface area contributed by atoms with Crippen molar-refractivity contribution < 1.29 is 19.8 Å². The van der Waals surface area contributed by atoms with Gasteiger partial charge >= 0.3 is 12.0 Å². The van der Waals surface area contributed by atoms with E-state index in [4.69, 9.17) is 16.6 Å². The molecule has 0 spiro atoms. The standard InChI is InChI=1S/C10H18N4O4/c11-9-13-6(5-14(9)10(12)18)4-7(15)2-1-3-8(16)17/h6-7,15H,1-5H2,(H2,11,13)(H2,12,18)(H,16,17)/t6-,7+/m0/s1. The van der Waals surface area contributed by atoms with Crippen LogP contribution in [0.3, 0.4) is 0 Å². The zero-order chi connectivity index (χ0) is 13.7. The van der Waals surface area contributed by atoms with E-state index in [2.05, 4.69) is 4.99 Å². The first-order chi connectivity index (χ1) is 8.40. The maximum absolute atomic E-state index is 10.9. The highest BCUT2D eigenvalue weighted by Crippen LogP contribution is 2.15. The number of aliphatic carboxylic acids is 1. The van der Waals surface area contributed by atoms with Gasteiger partial charge in [-0.2, -0.15) is 0 Å². The molecule has 2 atom stereocenters. The number of hydrogen-bond acceptors (Lipinski definition) is 5. The van der Waals surface area contributed by atoms with Gasteiger partial charge in [0.05, 0.1) is 18.7 Å². The lowest BCUT2D eigenvalue weighted by atomic mass is 10.0. The lowest BCUT2D eigenvalue weighted by Crippen LogP contribution is -2.43. The summed E-state index contributed by atoms with van der Waals surface area (Å²) in [5.74, 6) is -0.824. The first-order valence-corrected chi connectivity index (χ1v) is 5.70. The number of guanidine groups is 1. The molecule has 0 radical (unpaired) electrons. The molecule has 0 unspecified atom stereocenters. The Hall–Kier alpha value is -1.83. The SMILES string of the molecule is NC(=O)N1C[C@H](C[C@H](O)CCCC(=O)O)N=C1N. The summed E-state index contributed by atoms with van der Waals surface area (Å²) in [6, 6.07) is -0.948. The van der Waals surface area contributed by atoms with Crippen LogP contribution in [0.4, 0.5) is 4.79 Å². The highest BCUT2D eigenvalue weighted by atomic mass is 16.4. The number of nitrogens with two attached hydrogens (primary N) is 2. The largest absolute Gasteiger partial charge is 0.481 e. The molecule has 0 bridgehead atoms. The van der Waals surface area contributed by atoms with Gasteiger partial charge in [-0.15, -0.1) is 0 Å². The molecule has 18 heavy (non-hydrogen) atoms. The van der Waals surface area contributed by atoms with Crippen molar-refractivity contribution in [3.05, 3.63) is 0 Å². The third-order valence-corrected chi connectivity index (χ3v) is 2.72. The Balaban J connectivity index is 2.32. The minimum atomic E-state index is -0.884. The minimum Gasteiger partial charge on any atom is -0.481 e. The first-order valence-electron chi connectivity index (χ1n) is 5.70. The maximum Gasteiger partial charge on any atom is 0.321 e. The molecule has 0 aromatic heterocycles. The summed E-state index contributed by atoms with van der Waals surface area (Å²) in [5.41, 5.74) is 10.6. The van der Waals surface area contributed by atoms with Crippen molar-refractivity contribution in [3.63, 3.8) is 0 Å². The van der Waals surface area contributed by atoms with Gasteiger partial charge in [0.1, 0.15) is 0 Å². The zero-order valence-electron chi connectivity index (χ0n) is 9.95. The second-order valence-electron chi connectivity index (χ2n) is 4.27. The molecule has 1 aliphatic heterocycles. The van der Waals surface area contributed by atoms with E-state index >= 15 is 0 Å². The minimum absolute atomic E-state index is 0.0283. The van der Waals surface area contributed by atoms with E-state index in [0.29, 0.717) is 19.3 Å². The smallest absolute Gasteiger partial charge is 0.321 e. The molecule has 0 saturated carbocycles. The molecule has 1 heterocycles. The number of carbonyl (C=O) groups excluding carboxylic acids is 1. The summed E-state index contributed by atoms with van der Waals surface area (Å²) in [5, 5.41) is 18.2. The predicted octanol–water partition coefficient (Wildman–Crippen LogP) is -0.930. The molecular weight excluding hydrogens is 240 g/mol. The topological polar surface area (TPSA) is 142 Å². The number of rotatable bonds is 6. The average molecular weight is 258 g/mol. The molecular formula is C10H18N4O4. The van der Waals surface area contributed by atoms with E-state index in [1.54, 1.807) is 0 Å². The number of hydrogen-bond donors (Lipinski definition) is 4. The van der Waals surface area contributed by atoms with Gasteiger partial charge in [0, 0.05) is 6.42 Å². The summed E-state index contributed by atoms with van der Waals surface area (Å²) < 4.78 is 0. The zero-order valence-corrected chi connectivity index (χ0v) is 9.95. The molecule has 102 valence electrons. The Kier molecular flexibility index (Phi) is 4.90. The number of carboxylic acids is 1. The molecule has 0 saturated heterocycles. The van der Waals surface area contributed by atoms with Crippen LogP contribution in [0, 0.1) is 0 Å². The van der Waals surface area contributed by atoms with Crippen molar-refractivity contribution in [2.75, 3.05) is 6.54 Å². The number of aliphatic hydroxyl groups excluding tert-OH is 1. The second-order valence-corrected chi connectivity index (χ2v) is 4.27. The molecule has 0 aliphatic carbocycles. The van der Waals surface area contributed by atoms with Crippen molar-refractivity contribution in [1.82, 2.24) is 4.90 Å². The monoisotopic (exact) mass is 258 g/mol. The second kappa shape index (κ2) is 6.20. The molecule has 0 aromatic rings. The highest BCUT2D eigenvalue weighted by molar-refractivity contribution is 5.96. The number of carboxylic acid groups (broad SMARTS) is 1. The van der Waals surface area contributed by atoms with E-state index in [-0.39, 0.29) is 25.0 Å². The molecule has 2 amide bonds. The number of aliphatic hydroxyl groups is 1. The number of urea groups is 1. The number of primary amides is 1. The Morgan fingerprint density at radius 1 is 1.56 bits per heavy atom. The van der Waals surface area contributed by atoms with Crippen molar-refractivity contribution >= 4 is 18.0 Å². The van der Waals surface area contributed by atoms with Crippen LogP contribution in [0.1, 0.15) is 25.7 Å². The van der Waals surface area contributed by atoms with Crippen LogP contribution in [0.15, 0.2) is 4.99 Å². The summed E-state index contributed by atoms with van der Waals surface area (Å²) >= 11 is 0. The Bertz CT molecular complexity index is 358. The third-order valence-electron chi connectivity index (χ3n) is 2.72. The number of carbonyl (C=O) groups is 2. The fourth-order valence-corrected chi connectivity index (χ4v) is 1.85. The predicted molar refractivity (Wildman–Crippen MR) is 63.8 cm³/mol. The number of nitrogens with zero attached hydrogens (tertiary/aromatic N) is 2. The van der Waals surface area contributed by atoms with Crippen LogP contribution in [-0.2, 0) is 4.79 Å². The normalized spacial score (nSPS) is 20.6. The van der Waals surface area contributed by atoms with E-state index < -0.39 is 18.1 Å². The summed E-state index contributed by atoms with van der Waals surface area (Å²) in [6.07, 6.45) is 0.500. The summed E-state index contributed by atoms with van der Waals surface area (Å²) in [6.45, 7) is 0.261. The van der Waals surface area contributed by atoms with E-state index in [0.717, 1.165) is 4.90 Å². The van der Waals surface area contributed by atoms with Gasteiger partial charge in [0.15, 0.2) is 5.96 Å². The van der Waals surface area contributed by atoms with Crippen LogP contribution < -0.4 is 11.5 Å². The Morgan fingerprint density at radius 2 is 2.22 bits per heavy atom. The van der Waals surface area contributed by atoms with Crippen LogP contribution in [0.2, 0.25) is 0 Å². The Labute approximate surface area is 104 Å². The molecule has 1 aliphatic rings. The first kappa shape index (κ1) is 14.2. The average Bonchev–Trinajstić information content (AvgIpc) is 2.58. The summed E-state index contributed by atoms with van der Waals surface area (Å²) in [7, 11) is 0. The van der Waals surface area contributed by atoms with E-state index in [9.17, 15) is 14.7 Å². The van der Waals surface area contributed by atoms with Gasteiger partial charge in [0.25, 0.3) is 0 Å².